The molecular formula is C20H23NO3. The van der Waals surface area contributed by atoms with Gasteiger partial charge in [0.25, 0.3) is 0 Å². The van der Waals surface area contributed by atoms with Crippen LogP contribution in [0.15, 0.2) is 36.5 Å². The number of phenols is 1. The maximum atomic E-state index is 10.1. The lowest BCUT2D eigenvalue weighted by Gasteiger charge is -2.19. The summed E-state index contributed by atoms with van der Waals surface area (Å²) in [6, 6.07) is 9.18. The highest BCUT2D eigenvalue weighted by molar-refractivity contribution is 5.52. The molecule has 1 N–H and O–H groups in total. The van der Waals surface area contributed by atoms with E-state index in [2.05, 4.69) is 11.1 Å². The van der Waals surface area contributed by atoms with Crippen LogP contribution in [0.1, 0.15) is 43.6 Å². The number of phenolic OH excluding ortho intramolecular Hbond substituents is 1. The lowest BCUT2D eigenvalue weighted by atomic mass is 9.91. The number of benzene rings is 1. The van der Waals surface area contributed by atoms with Gasteiger partial charge in [0.05, 0.1) is 7.11 Å². The van der Waals surface area contributed by atoms with Crippen LogP contribution in [0.5, 0.6) is 23.1 Å². The summed E-state index contributed by atoms with van der Waals surface area (Å²) in [6.07, 6.45) is 8.17. The van der Waals surface area contributed by atoms with Gasteiger partial charge in [-0.25, -0.2) is 4.98 Å². The van der Waals surface area contributed by atoms with Crippen LogP contribution in [-0.4, -0.2) is 17.2 Å². The largest absolute Gasteiger partial charge is 0.504 e. The first-order valence-electron chi connectivity index (χ1n) is 8.75. The number of nitrogens with zero attached hydrogens (tertiary/aromatic N) is 1. The molecule has 1 aromatic heterocycles. The maximum absolute atomic E-state index is 10.1. The third-order valence-corrected chi connectivity index (χ3v) is 5.46. The molecule has 1 aromatic carbocycles. The van der Waals surface area contributed by atoms with Gasteiger partial charge >= 0.3 is 0 Å². The highest BCUT2D eigenvalue weighted by Gasteiger charge is 2.39. The van der Waals surface area contributed by atoms with E-state index in [0.717, 1.165) is 17.4 Å². The minimum absolute atomic E-state index is 0.0630. The summed E-state index contributed by atoms with van der Waals surface area (Å²) in [5.41, 5.74) is 1.14. The molecule has 126 valence electrons. The number of hydrogen-bond acceptors (Lipinski definition) is 4. The SMILES string of the molecule is COc1cccc(O)c1Oc1ncccc1C1CCC2CC2CC1. The Morgan fingerprint density at radius 1 is 1.04 bits per heavy atom. The molecule has 4 heteroatoms. The summed E-state index contributed by atoms with van der Waals surface area (Å²) in [7, 11) is 1.57. The van der Waals surface area contributed by atoms with Gasteiger partial charge in [0.1, 0.15) is 0 Å². The fourth-order valence-corrected chi connectivity index (χ4v) is 3.97. The van der Waals surface area contributed by atoms with Crippen molar-refractivity contribution in [3.05, 3.63) is 42.1 Å². The molecule has 2 atom stereocenters. The minimum Gasteiger partial charge on any atom is -0.504 e. The molecular weight excluding hydrogens is 302 g/mol. The van der Waals surface area contributed by atoms with Crippen LogP contribution in [0.3, 0.4) is 0 Å². The molecule has 2 aromatic rings. The average molecular weight is 325 g/mol. The van der Waals surface area contributed by atoms with Crippen LogP contribution in [0.2, 0.25) is 0 Å². The molecule has 2 saturated carbocycles. The molecule has 1 heterocycles. The summed E-state index contributed by atoms with van der Waals surface area (Å²) >= 11 is 0. The Labute approximate surface area is 142 Å². The molecule has 24 heavy (non-hydrogen) atoms. The Kier molecular flexibility index (Phi) is 4.05. The van der Waals surface area contributed by atoms with E-state index in [0.29, 0.717) is 23.3 Å². The lowest BCUT2D eigenvalue weighted by Crippen LogP contribution is -2.03. The van der Waals surface area contributed by atoms with Crippen molar-refractivity contribution in [1.82, 2.24) is 4.98 Å². The van der Waals surface area contributed by atoms with Crippen LogP contribution < -0.4 is 9.47 Å². The Balaban J connectivity index is 1.62. The molecule has 0 amide bonds. The number of fused-ring (bicyclic) bond motifs is 1. The van der Waals surface area contributed by atoms with Gasteiger partial charge in [-0.1, -0.05) is 12.1 Å². The normalized spacial score (nSPS) is 25.5. The molecule has 2 fully saturated rings. The monoisotopic (exact) mass is 325 g/mol. The first kappa shape index (κ1) is 15.3. The second-order valence-electron chi connectivity index (χ2n) is 6.92. The maximum Gasteiger partial charge on any atom is 0.223 e. The summed E-state index contributed by atoms with van der Waals surface area (Å²) in [6.45, 7) is 0. The predicted octanol–water partition coefficient (Wildman–Crippen LogP) is 4.88. The number of rotatable bonds is 4. The fourth-order valence-electron chi connectivity index (χ4n) is 3.97. The standard InChI is InChI=1S/C20H23NO3/c1-23-18-6-2-5-17(22)19(18)24-20-16(4-3-11-21-20)13-7-9-14-12-15(14)10-8-13/h2-6,11,13-15,22H,7-10,12H2,1H3. The predicted molar refractivity (Wildman–Crippen MR) is 91.8 cm³/mol. The number of pyridine rings is 1. The van der Waals surface area contributed by atoms with Gasteiger partial charge in [0.2, 0.25) is 11.6 Å². The molecule has 0 bridgehead atoms. The number of para-hydroxylation sites is 1. The number of aromatic hydroxyl groups is 1. The van der Waals surface area contributed by atoms with Crippen molar-refractivity contribution >= 4 is 0 Å². The molecule has 2 unspecified atom stereocenters. The van der Waals surface area contributed by atoms with Gasteiger partial charge in [0, 0.05) is 11.8 Å². The van der Waals surface area contributed by atoms with Crippen molar-refractivity contribution in [2.24, 2.45) is 11.8 Å². The van der Waals surface area contributed by atoms with Crippen LogP contribution in [0, 0.1) is 11.8 Å². The summed E-state index contributed by atoms with van der Waals surface area (Å²) in [4.78, 5) is 4.44. The number of ether oxygens (including phenoxy) is 2. The molecule has 0 saturated heterocycles. The van der Waals surface area contributed by atoms with Crippen LogP contribution >= 0.6 is 0 Å². The van der Waals surface area contributed by atoms with E-state index in [9.17, 15) is 5.11 Å². The van der Waals surface area contributed by atoms with Gasteiger partial charge in [-0.15, -0.1) is 0 Å². The zero-order valence-corrected chi connectivity index (χ0v) is 13.9. The quantitative estimate of drug-likeness (QED) is 0.870. The third-order valence-electron chi connectivity index (χ3n) is 5.46. The van der Waals surface area contributed by atoms with E-state index in [1.54, 1.807) is 31.5 Å². The van der Waals surface area contributed by atoms with E-state index < -0.39 is 0 Å². The van der Waals surface area contributed by atoms with Crippen LogP contribution in [0.25, 0.3) is 0 Å². The van der Waals surface area contributed by atoms with E-state index in [1.807, 2.05) is 6.07 Å². The average Bonchev–Trinajstić information content (AvgIpc) is 3.37. The second kappa shape index (κ2) is 6.34. The molecule has 0 aliphatic heterocycles. The van der Waals surface area contributed by atoms with E-state index in [-0.39, 0.29) is 5.75 Å². The highest BCUT2D eigenvalue weighted by Crippen LogP contribution is 2.52. The van der Waals surface area contributed by atoms with Gasteiger partial charge < -0.3 is 14.6 Å². The fraction of sp³-hybridized carbons (Fsp3) is 0.450. The Hall–Kier alpha value is -2.23. The van der Waals surface area contributed by atoms with Crippen molar-refractivity contribution in [3.63, 3.8) is 0 Å². The van der Waals surface area contributed by atoms with Crippen molar-refractivity contribution in [2.45, 2.75) is 38.0 Å². The third kappa shape index (κ3) is 2.93. The van der Waals surface area contributed by atoms with Crippen LogP contribution in [0.4, 0.5) is 0 Å². The highest BCUT2D eigenvalue weighted by atomic mass is 16.5. The topological polar surface area (TPSA) is 51.6 Å². The van der Waals surface area contributed by atoms with E-state index >= 15 is 0 Å². The Morgan fingerprint density at radius 3 is 2.58 bits per heavy atom. The van der Waals surface area contributed by atoms with Gasteiger partial charge in [0.15, 0.2) is 11.5 Å². The molecule has 4 rings (SSSR count). The minimum atomic E-state index is 0.0630. The zero-order chi connectivity index (χ0) is 16.5. The van der Waals surface area contributed by atoms with E-state index in [1.165, 1.54) is 32.1 Å². The van der Waals surface area contributed by atoms with Crippen molar-refractivity contribution in [3.8, 4) is 23.1 Å². The molecule has 2 aliphatic rings. The van der Waals surface area contributed by atoms with Gasteiger partial charge in [-0.05, 0) is 68.1 Å². The summed E-state index contributed by atoms with van der Waals surface area (Å²) < 4.78 is 11.3. The van der Waals surface area contributed by atoms with Crippen molar-refractivity contribution in [1.29, 1.82) is 0 Å². The number of aromatic nitrogens is 1. The Bertz CT molecular complexity index is 719. The second-order valence-corrected chi connectivity index (χ2v) is 6.92. The van der Waals surface area contributed by atoms with Crippen molar-refractivity contribution < 1.29 is 14.6 Å². The van der Waals surface area contributed by atoms with Crippen LogP contribution in [-0.2, 0) is 0 Å². The molecule has 4 nitrogen and oxygen atoms in total. The molecule has 0 spiro atoms. The number of methoxy groups -OCH3 is 1. The smallest absolute Gasteiger partial charge is 0.223 e. The number of hydrogen-bond donors (Lipinski definition) is 1. The van der Waals surface area contributed by atoms with Gasteiger partial charge in [-0.2, -0.15) is 0 Å². The first-order chi connectivity index (χ1) is 11.8. The first-order valence-corrected chi connectivity index (χ1v) is 8.75. The zero-order valence-electron chi connectivity index (χ0n) is 13.9. The lowest BCUT2D eigenvalue weighted by molar-refractivity contribution is 0.349. The van der Waals surface area contributed by atoms with Gasteiger partial charge in [-0.3, -0.25) is 0 Å². The van der Waals surface area contributed by atoms with E-state index in [4.69, 9.17) is 9.47 Å². The summed E-state index contributed by atoms with van der Waals surface area (Å²) in [5.74, 6) is 3.87. The molecule has 0 radical (unpaired) electrons. The van der Waals surface area contributed by atoms with Crippen molar-refractivity contribution in [2.75, 3.05) is 7.11 Å². The Morgan fingerprint density at radius 2 is 1.83 bits per heavy atom. The summed E-state index contributed by atoms with van der Waals surface area (Å²) in [5, 5.41) is 10.1. The molecule has 2 aliphatic carbocycles.